The summed E-state index contributed by atoms with van der Waals surface area (Å²) >= 11 is 5.94. The van der Waals surface area contributed by atoms with Gasteiger partial charge in [-0.2, -0.15) is 0 Å². The van der Waals surface area contributed by atoms with Gasteiger partial charge >= 0.3 is 5.97 Å². The smallest absolute Gasteiger partial charge is 0.307 e. The van der Waals surface area contributed by atoms with Crippen LogP contribution in [0.15, 0.2) is 36.4 Å². The molecule has 0 unspecified atom stereocenters. The number of hydrogen-bond donors (Lipinski definition) is 1. The quantitative estimate of drug-likeness (QED) is 0.505. The summed E-state index contributed by atoms with van der Waals surface area (Å²) in [6, 6.07) is 10.4. The number of hydrogen-bond acceptors (Lipinski definition) is 5. The van der Waals surface area contributed by atoms with E-state index in [-0.39, 0.29) is 18.6 Å². The third kappa shape index (κ3) is 6.32. The van der Waals surface area contributed by atoms with Gasteiger partial charge < -0.3 is 14.8 Å². The molecule has 0 aliphatic carbocycles. The summed E-state index contributed by atoms with van der Waals surface area (Å²) in [4.78, 5) is 36.8. The van der Waals surface area contributed by atoms with Gasteiger partial charge in [0.15, 0.2) is 11.9 Å². The molecular formula is C22H24ClNO5. The van der Waals surface area contributed by atoms with Gasteiger partial charge in [0.25, 0.3) is 5.91 Å². The Bertz CT molecular complexity index is 925. The first kappa shape index (κ1) is 22.4. The zero-order valence-corrected chi connectivity index (χ0v) is 17.6. The topological polar surface area (TPSA) is 81.7 Å². The fourth-order valence-electron chi connectivity index (χ4n) is 2.71. The maximum atomic E-state index is 12.4. The van der Waals surface area contributed by atoms with Crippen LogP contribution < -0.4 is 10.1 Å². The fraction of sp³-hybridized carbons (Fsp3) is 0.318. The zero-order chi connectivity index (χ0) is 21.6. The number of methoxy groups -OCH3 is 1. The molecule has 0 spiro atoms. The first-order valence-corrected chi connectivity index (χ1v) is 9.53. The van der Waals surface area contributed by atoms with E-state index in [1.807, 2.05) is 26.0 Å². The van der Waals surface area contributed by atoms with Crippen LogP contribution in [0, 0.1) is 13.8 Å². The number of benzene rings is 2. The Kier molecular flexibility index (Phi) is 7.79. The molecule has 0 radical (unpaired) electrons. The van der Waals surface area contributed by atoms with Crippen LogP contribution >= 0.6 is 11.6 Å². The minimum atomic E-state index is -1.04. The SMILES string of the molecule is COc1ccc(Cl)cc1NC(=O)[C@@H](C)OC(=O)CCC(=O)c1cc(C)ccc1C. The van der Waals surface area contributed by atoms with E-state index < -0.39 is 18.0 Å². The predicted molar refractivity (Wildman–Crippen MR) is 112 cm³/mol. The highest BCUT2D eigenvalue weighted by molar-refractivity contribution is 6.31. The second kappa shape index (κ2) is 10.1. The van der Waals surface area contributed by atoms with Crippen LogP contribution in [-0.4, -0.2) is 30.9 Å². The Morgan fingerprint density at radius 2 is 1.79 bits per heavy atom. The molecule has 2 aromatic carbocycles. The van der Waals surface area contributed by atoms with Crippen molar-refractivity contribution in [1.29, 1.82) is 0 Å². The highest BCUT2D eigenvalue weighted by Crippen LogP contribution is 2.27. The van der Waals surface area contributed by atoms with E-state index in [2.05, 4.69) is 5.32 Å². The lowest BCUT2D eigenvalue weighted by Crippen LogP contribution is -2.30. The molecule has 1 amide bonds. The van der Waals surface area contributed by atoms with Crippen LogP contribution in [0.25, 0.3) is 0 Å². The van der Waals surface area contributed by atoms with Gasteiger partial charge in [-0.15, -0.1) is 0 Å². The second-order valence-corrected chi connectivity index (χ2v) is 7.14. The lowest BCUT2D eigenvalue weighted by atomic mass is 9.99. The van der Waals surface area contributed by atoms with Gasteiger partial charge in [-0.1, -0.05) is 29.3 Å². The number of aryl methyl sites for hydroxylation is 2. The molecule has 6 nitrogen and oxygen atoms in total. The number of nitrogens with one attached hydrogen (secondary N) is 1. The molecule has 2 aromatic rings. The lowest BCUT2D eigenvalue weighted by Gasteiger charge is -2.15. The number of carbonyl (C=O) groups excluding carboxylic acids is 3. The molecule has 0 saturated carbocycles. The normalized spacial score (nSPS) is 11.5. The summed E-state index contributed by atoms with van der Waals surface area (Å²) in [5.74, 6) is -0.853. The molecule has 29 heavy (non-hydrogen) atoms. The number of halogens is 1. The number of ether oxygens (including phenoxy) is 2. The number of ketones is 1. The number of anilines is 1. The average molecular weight is 418 g/mol. The van der Waals surface area contributed by atoms with E-state index in [0.717, 1.165) is 11.1 Å². The Balaban J connectivity index is 1.90. The van der Waals surface area contributed by atoms with Crippen molar-refractivity contribution in [1.82, 2.24) is 0 Å². The van der Waals surface area contributed by atoms with E-state index in [1.54, 1.807) is 18.2 Å². The van der Waals surface area contributed by atoms with Crippen LogP contribution in [0.4, 0.5) is 5.69 Å². The van der Waals surface area contributed by atoms with Gasteiger partial charge in [0.1, 0.15) is 5.75 Å². The van der Waals surface area contributed by atoms with E-state index >= 15 is 0 Å². The molecule has 2 rings (SSSR count). The van der Waals surface area contributed by atoms with Gasteiger partial charge in [-0.05, 0) is 50.6 Å². The molecule has 0 aliphatic heterocycles. The third-order valence-corrected chi connectivity index (χ3v) is 4.58. The molecule has 0 saturated heterocycles. The lowest BCUT2D eigenvalue weighted by molar-refractivity contribution is -0.153. The Morgan fingerprint density at radius 1 is 1.07 bits per heavy atom. The third-order valence-electron chi connectivity index (χ3n) is 4.35. The summed E-state index contributed by atoms with van der Waals surface area (Å²) in [5.41, 5.74) is 2.80. The van der Waals surface area contributed by atoms with Gasteiger partial charge in [0.05, 0.1) is 19.2 Å². The van der Waals surface area contributed by atoms with Gasteiger partial charge in [-0.25, -0.2) is 0 Å². The Labute approximate surface area is 175 Å². The molecule has 0 aromatic heterocycles. The number of amides is 1. The van der Waals surface area contributed by atoms with E-state index in [0.29, 0.717) is 22.0 Å². The summed E-state index contributed by atoms with van der Waals surface area (Å²) in [5, 5.41) is 3.05. The highest BCUT2D eigenvalue weighted by Gasteiger charge is 2.20. The van der Waals surface area contributed by atoms with E-state index in [9.17, 15) is 14.4 Å². The number of Topliss-reactive ketones (excluding diaryl/α,β-unsaturated/α-hetero) is 1. The van der Waals surface area contributed by atoms with E-state index in [4.69, 9.17) is 21.1 Å². The number of esters is 1. The second-order valence-electron chi connectivity index (χ2n) is 6.71. The van der Waals surface area contributed by atoms with Crippen molar-refractivity contribution in [2.75, 3.05) is 12.4 Å². The monoisotopic (exact) mass is 417 g/mol. The minimum absolute atomic E-state index is 0.0135. The molecule has 1 N–H and O–H groups in total. The molecule has 0 aliphatic rings. The summed E-state index contributed by atoms with van der Waals surface area (Å²) in [6.45, 7) is 5.21. The van der Waals surface area contributed by atoms with Crippen molar-refractivity contribution in [3.8, 4) is 5.75 Å². The summed E-state index contributed by atoms with van der Waals surface area (Å²) in [7, 11) is 1.47. The van der Waals surface area contributed by atoms with E-state index in [1.165, 1.54) is 20.1 Å². The minimum Gasteiger partial charge on any atom is -0.495 e. The average Bonchev–Trinajstić information content (AvgIpc) is 2.68. The first-order valence-electron chi connectivity index (χ1n) is 9.15. The molecule has 7 heteroatoms. The molecule has 1 atom stereocenters. The van der Waals surface area contributed by atoms with Crippen LogP contribution in [0.5, 0.6) is 5.75 Å². The van der Waals surface area contributed by atoms with Crippen LogP contribution in [0.3, 0.4) is 0 Å². The standard InChI is InChI=1S/C22H24ClNO5/c1-13-5-6-14(2)17(11-13)19(25)8-10-21(26)29-15(3)22(27)24-18-12-16(23)7-9-20(18)28-4/h5-7,9,11-12,15H,8,10H2,1-4H3,(H,24,27)/t15-/m1/s1. The molecule has 0 bridgehead atoms. The first-order chi connectivity index (χ1) is 13.7. The van der Waals surface area contributed by atoms with Crippen molar-refractivity contribution in [3.05, 3.63) is 58.1 Å². The number of rotatable bonds is 8. The highest BCUT2D eigenvalue weighted by atomic mass is 35.5. The Hall–Kier alpha value is -2.86. The summed E-state index contributed by atoms with van der Waals surface area (Å²) < 4.78 is 10.3. The maximum Gasteiger partial charge on any atom is 0.307 e. The molecule has 0 fully saturated rings. The number of carbonyl (C=O) groups is 3. The van der Waals surface area contributed by atoms with Crippen molar-refractivity contribution in [3.63, 3.8) is 0 Å². The van der Waals surface area contributed by atoms with Crippen molar-refractivity contribution in [2.45, 2.75) is 39.7 Å². The van der Waals surface area contributed by atoms with Crippen LogP contribution in [0.1, 0.15) is 41.3 Å². The summed E-state index contributed by atoms with van der Waals surface area (Å²) in [6.07, 6.45) is -1.13. The zero-order valence-electron chi connectivity index (χ0n) is 16.9. The largest absolute Gasteiger partial charge is 0.495 e. The predicted octanol–water partition coefficient (Wildman–Crippen LogP) is 4.50. The van der Waals surface area contributed by atoms with Crippen molar-refractivity contribution in [2.24, 2.45) is 0 Å². The maximum absolute atomic E-state index is 12.4. The van der Waals surface area contributed by atoms with Crippen molar-refractivity contribution >= 4 is 34.9 Å². The molecule has 154 valence electrons. The Morgan fingerprint density at radius 3 is 2.48 bits per heavy atom. The van der Waals surface area contributed by atoms with Gasteiger partial charge in [-0.3, -0.25) is 14.4 Å². The van der Waals surface area contributed by atoms with Crippen LogP contribution in [0.2, 0.25) is 5.02 Å². The van der Waals surface area contributed by atoms with Crippen molar-refractivity contribution < 1.29 is 23.9 Å². The molecule has 0 heterocycles. The van der Waals surface area contributed by atoms with Gasteiger partial charge in [0, 0.05) is 17.0 Å². The fourth-order valence-corrected chi connectivity index (χ4v) is 2.88. The van der Waals surface area contributed by atoms with Crippen LogP contribution in [-0.2, 0) is 14.3 Å². The molecular weight excluding hydrogens is 394 g/mol. The van der Waals surface area contributed by atoms with Gasteiger partial charge in [0.2, 0.25) is 0 Å².